The summed E-state index contributed by atoms with van der Waals surface area (Å²) in [5.74, 6) is -10.4. The van der Waals surface area contributed by atoms with Crippen molar-refractivity contribution in [2.24, 2.45) is 0 Å². The van der Waals surface area contributed by atoms with Crippen LogP contribution in [0.2, 0.25) is 54.4 Å². The number of anilines is 5. The highest BCUT2D eigenvalue weighted by molar-refractivity contribution is 6.75. The minimum Gasteiger partial charge on any atom is -0.480 e. The average molecular weight is 1920 g/mol. The zero-order chi connectivity index (χ0) is 101. The van der Waals surface area contributed by atoms with Crippen LogP contribution < -0.4 is 30.2 Å². The minimum absolute atomic E-state index is 0.0320. The number of halogens is 8. The van der Waals surface area contributed by atoms with E-state index >= 15 is 0 Å². The first-order chi connectivity index (χ1) is 60.3. The number of pyridine rings is 1. The first-order valence-corrected chi connectivity index (χ1v) is 52.4. The van der Waals surface area contributed by atoms with Gasteiger partial charge in [0.25, 0.3) is 0 Å². The molecule has 10 rings (SSSR count). The number of aryl methyl sites for hydroxylation is 2. The van der Waals surface area contributed by atoms with Gasteiger partial charge in [-0.25, -0.2) is 59.3 Å². The number of hydrogen-bond acceptors (Lipinski definition) is 20. The lowest BCUT2D eigenvalue weighted by atomic mass is 10.1. The molecule has 0 spiro atoms. The zero-order valence-corrected chi connectivity index (χ0v) is 84.5. The van der Waals surface area contributed by atoms with Gasteiger partial charge in [0.05, 0.1) is 42.1 Å². The molecule has 4 aromatic carbocycles. The van der Waals surface area contributed by atoms with E-state index in [1.807, 2.05) is 0 Å². The third kappa shape index (κ3) is 30.2. The highest BCUT2D eigenvalue weighted by Crippen LogP contribution is 2.44. The number of likely N-dealkylation sites (N-methyl/N-ethyl adjacent to an activating group) is 3. The number of aliphatic hydroxyl groups excluding tert-OH is 2. The summed E-state index contributed by atoms with van der Waals surface area (Å²) in [6, 6.07) is 12.9. The fourth-order valence-electron chi connectivity index (χ4n) is 14.0. The van der Waals surface area contributed by atoms with Gasteiger partial charge in [-0.2, -0.15) is 5.26 Å². The molecule has 5 N–H and O–H groups in total. The Labute approximate surface area is 773 Å². The number of carbonyl (C=O) groups excluding carboxylic acids is 7. The van der Waals surface area contributed by atoms with E-state index in [-0.39, 0.29) is 94.7 Å². The van der Waals surface area contributed by atoms with Crippen LogP contribution in [0.5, 0.6) is 0 Å². The predicted octanol–water partition coefficient (Wildman–Crippen LogP) is 17.2. The van der Waals surface area contributed by atoms with E-state index < -0.39 is 173 Å². The largest absolute Gasteiger partial charge is 0.480 e. The summed E-state index contributed by atoms with van der Waals surface area (Å²) in [6.07, 6.45) is -2.66. The van der Waals surface area contributed by atoms with Crippen molar-refractivity contribution < 1.29 is 116 Å². The number of nitrogens with one attached hydrogen (secondary N) is 2. The molecule has 5 aliphatic heterocycles. The number of carboxylic acid groups (broad SMARTS) is 1. The number of β-amino-alcohol motifs (C(OH)–C–C–N with tert-alkyl or cyclic N) is 2. The number of ether oxygens (including phenoxy) is 3. The standard InChI is InChI=1S/C23H36F2N2O4Si.C22H34F2N2O4Si.C20H20F2N4O2.C16H31NO5Si.C12H14F2N2O2/c1-22(2,3)30-21(29)27-14-16(31-32(8,9)23(4,5)6)13-19(27)20(28)26(7)15-10-11-17(24)18(25)12-15;1-21(2,3)29-20(28)26-13-15(30-31(7,8)22(4,5)6)12-18(26)19(27)25-14-9-10-16(23)17(24)11-14;1-11-6-12(2)24-19(15(11)9-23)26-10-14(27)8-18(26)20(28)25(3)13-4-5-16(21)17(22)7-13;1-15(2,3)21-14(20)17-10-11(9-12(17)13(18)19)22-23(7,8)16(4,5)6;1-16(7-2-3-9(13)10(14)4-7)12(18)11-5-8(17)6-15-11/h10-12,16,19H,13-14H2,1-9H3;9-11,15,18H,12-13H2,1-8H3,(H,25,27);4-7,14,18,27H,8,10H2,1-3H3;11-12H,9-10H2,1-8H3,(H,18,19);2-4,8,11,15,17H,5-6H2,1H3/t16-,19-;15-,18-;14-,18-;11-,12-;8-,11-/m00000/s1. The molecule has 10 atom stereocenters. The molecule has 5 saturated heterocycles. The highest BCUT2D eigenvalue weighted by Gasteiger charge is 2.52. The lowest BCUT2D eigenvalue weighted by molar-refractivity contribution is -0.142. The maximum absolute atomic E-state index is 13.7. The third-order valence-corrected chi connectivity index (χ3v) is 37.7. The number of nitriles is 1. The van der Waals surface area contributed by atoms with Crippen molar-refractivity contribution >= 4 is 101 Å². The molecule has 5 aromatic rings. The summed E-state index contributed by atoms with van der Waals surface area (Å²) in [5.41, 5.74) is 0.437. The average Bonchev–Trinajstić information content (AvgIpc) is 1.64. The summed E-state index contributed by atoms with van der Waals surface area (Å²) >= 11 is 0. The van der Waals surface area contributed by atoms with Crippen LogP contribution in [0.25, 0.3) is 0 Å². The Kier molecular flexibility index (Phi) is 36.8. The van der Waals surface area contributed by atoms with Crippen LogP contribution in [0.3, 0.4) is 0 Å². The topological polar surface area (TPSA) is 336 Å². The Hall–Kier alpha value is -9.67. The highest BCUT2D eigenvalue weighted by atomic mass is 28.4. The number of aliphatic hydroxyl groups is 2. The molecule has 5 fully saturated rings. The Morgan fingerprint density at radius 2 is 0.795 bits per heavy atom. The fraction of sp³-hybridized carbons (Fsp3) is 0.591. The van der Waals surface area contributed by atoms with Gasteiger partial charge in [0.1, 0.15) is 52.9 Å². The normalized spacial score (nSPS) is 20.7. The van der Waals surface area contributed by atoms with Crippen molar-refractivity contribution in [3.63, 3.8) is 0 Å². The molecule has 132 heavy (non-hydrogen) atoms. The van der Waals surface area contributed by atoms with E-state index in [9.17, 15) is 94.1 Å². The summed E-state index contributed by atoms with van der Waals surface area (Å²) < 4.78 is 142. The molecule has 0 unspecified atom stereocenters. The second-order valence-corrected chi connectivity index (χ2v) is 55.7. The van der Waals surface area contributed by atoms with Gasteiger partial charge in [0, 0.05) is 132 Å². The number of aliphatic carboxylic acids is 1. The van der Waals surface area contributed by atoms with Gasteiger partial charge in [-0.1, -0.05) is 62.3 Å². The molecule has 1 aromatic heterocycles. The predicted molar refractivity (Wildman–Crippen MR) is 495 cm³/mol. The van der Waals surface area contributed by atoms with Crippen LogP contribution in [0, 0.1) is 71.7 Å². The number of likely N-dealkylation sites (tertiary alicyclic amines) is 3. The molecule has 732 valence electrons. The maximum Gasteiger partial charge on any atom is 0.411 e. The van der Waals surface area contributed by atoms with Crippen LogP contribution in [-0.2, 0) is 51.5 Å². The van der Waals surface area contributed by atoms with Crippen LogP contribution in [0.1, 0.15) is 174 Å². The Bertz CT molecular complexity index is 4990. The molecule has 5 aliphatic rings. The summed E-state index contributed by atoms with van der Waals surface area (Å²) in [6.45, 7) is 52.4. The van der Waals surface area contributed by atoms with Gasteiger partial charge in [-0.05, 0) is 197 Å². The molecular formula is C93H135F8N11O17Si3. The van der Waals surface area contributed by atoms with E-state index in [1.165, 1.54) is 74.8 Å². The number of hydrogen-bond donors (Lipinski definition) is 5. The van der Waals surface area contributed by atoms with Crippen LogP contribution in [0.15, 0.2) is 78.9 Å². The van der Waals surface area contributed by atoms with Crippen molar-refractivity contribution in [3.05, 3.63) is 142 Å². The molecule has 0 bridgehead atoms. The molecular weight excluding hydrogens is 1780 g/mol. The van der Waals surface area contributed by atoms with E-state index in [1.54, 1.807) is 87.1 Å². The molecule has 7 amide bonds. The number of carbonyl (C=O) groups is 8. The molecule has 6 heterocycles. The van der Waals surface area contributed by atoms with E-state index in [2.05, 4.69) is 123 Å². The Morgan fingerprint density at radius 1 is 0.455 bits per heavy atom. The molecule has 28 nitrogen and oxygen atoms in total. The fourth-order valence-corrected chi connectivity index (χ4v) is 18.1. The van der Waals surface area contributed by atoms with Crippen LogP contribution >= 0.6 is 0 Å². The van der Waals surface area contributed by atoms with E-state index in [0.29, 0.717) is 49.3 Å². The Morgan fingerprint density at radius 3 is 1.14 bits per heavy atom. The van der Waals surface area contributed by atoms with Gasteiger partial charge in [0.2, 0.25) is 23.6 Å². The lowest BCUT2D eigenvalue weighted by Gasteiger charge is -2.38. The van der Waals surface area contributed by atoms with Gasteiger partial charge in [-0.3, -0.25) is 33.9 Å². The molecule has 39 heteroatoms. The summed E-state index contributed by atoms with van der Waals surface area (Å²) in [5, 5.41) is 43.9. The van der Waals surface area contributed by atoms with Gasteiger partial charge in [0.15, 0.2) is 71.5 Å². The quantitative estimate of drug-likeness (QED) is 0.0348. The Balaban J connectivity index is 0.000000257. The SMILES string of the molecule is CC(C)(C)OC(=O)N1C[C@@H](O[Si](C)(C)C(C)(C)C)C[C@H]1C(=O)Nc1ccc(F)c(F)c1.CC(C)(C)OC(=O)N1C[C@@H](O[Si](C)(C)C(C)(C)C)C[C@H]1C(=O)O.CN(C(=O)[C@@H]1C[C@H](O)CN1)c1ccc(F)c(F)c1.CN(C(=O)[C@@H]1C[C@H](O[Si](C)(C)C(C)(C)C)CN1C(=O)OC(C)(C)C)c1ccc(F)c(F)c1.Cc1cc(C)c(C#N)c(N2C[C@@H](O)C[C@H]2C(=O)N(C)c2ccc(F)c(F)c2)n1. The zero-order valence-electron chi connectivity index (χ0n) is 81.5. The van der Waals surface area contributed by atoms with Crippen LogP contribution in [-0.4, -0.2) is 239 Å². The minimum atomic E-state index is -2.15. The number of carboxylic acids is 1. The van der Waals surface area contributed by atoms with Crippen molar-refractivity contribution in [2.45, 2.75) is 303 Å². The smallest absolute Gasteiger partial charge is 0.411 e. The number of amides is 7. The van der Waals surface area contributed by atoms with Gasteiger partial charge >= 0.3 is 24.2 Å². The third-order valence-electron chi connectivity index (χ3n) is 24.1. The second kappa shape index (κ2) is 43.8. The summed E-state index contributed by atoms with van der Waals surface area (Å²) in [7, 11) is -1.88. The van der Waals surface area contributed by atoms with E-state index in [0.717, 1.165) is 54.1 Å². The van der Waals surface area contributed by atoms with Crippen LogP contribution in [0.4, 0.5) is 78.1 Å². The van der Waals surface area contributed by atoms with Crippen molar-refractivity contribution in [3.8, 4) is 6.07 Å². The number of nitrogens with zero attached hydrogens (tertiary/aromatic N) is 9. The maximum atomic E-state index is 13.7. The number of aromatic nitrogens is 1. The number of rotatable bonds is 16. The number of benzene rings is 4. The molecule has 0 aliphatic carbocycles. The summed E-state index contributed by atoms with van der Waals surface area (Å²) in [4.78, 5) is 115. The van der Waals surface area contributed by atoms with Gasteiger partial charge < -0.3 is 73.0 Å². The van der Waals surface area contributed by atoms with Gasteiger partial charge in [-0.15, -0.1) is 0 Å². The molecule has 0 saturated carbocycles. The molecule has 0 radical (unpaired) electrons. The second-order valence-electron chi connectivity index (χ2n) is 41.4. The van der Waals surface area contributed by atoms with Crippen molar-refractivity contribution in [1.82, 2.24) is 25.0 Å². The van der Waals surface area contributed by atoms with Crippen molar-refractivity contribution in [2.75, 3.05) is 78.8 Å². The first-order valence-electron chi connectivity index (χ1n) is 43.7. The monoisotopic (exact) mass is 1910 g/mol. The van der Waals surface area contributed by atoms with E-state index in [4.69, 9.17) is 27.5 Å². The first kappa shape index (κ1) is 111. The van der Waals surface area contributed by atoms with Crippen molar-refractivity contribution in [1.29, 1.82) is 5.26 Å². The lowest BCUT2D eigenvalue weighted by Crippen LogP contribution is -2.48.